The monoisotopic (exact) mass is 313 g/mol. The Morgan fingerprint density at radius 1 is 1.30 bits per heavy atom. The molecule has 1 aromatic carbocycles. The number of likely N-dealkylation sites (tertiary alicyclic amines) is 1. The number of nitrogen functional groups attached to an aromatic ring is 1. The van der Waals surface area contributed by atoms with Crippen LogP contribution in [0.15, 0.2) is 41.3 Å². The summed E-state index contributed by atoms with van der Waals surface area (Å²) in [7, 11) is 0. The summed E-state index contributed by atoms with van der Waals surface area (Å²) in [4.78, 5) is 18.0. The molecule has 122 valence electrons. The normalized spacial score (nSPS) is 19.8. The summed E-state index contributed by atoms with van der Waals surface area (Å²) >= 11 is 0. The summed E-state index contributed by atoms with van der Waals surface area (Å²) in [5.74, 6) is 0.828. The van der Waals surface area contributed by atoms with Crippen LogP contribution in [0.5, 0.6) is 0 Å². The second kappa shape index (κ2) is 6.52. The fourth-order valence-corrected chi connectivity index (χ4v) is 3.07. The number of nitrogens with two attached hydrogens (primary N) is 2. The Morgan fingerprint density at radius 2 is 2.04 bits per heavy atom. The summed E-state index contributed by atoms with van der Waals surface area (Å²) in [6.07, 6.45) is 2.82. The largest absolute Gasteiger partial charge is 0.383 e. The van der Waals surface area contributed by atoms with Crippen molar-refractivity contribution in [3.63, 3.8) is 0 Å². The molecule has 0 spiro atoms. The molecular weight excluding hydrogens is 290 g/mol. The van der Waals surface area contributed by atoms with Crippen LogP contribution in [-0.2, 0) is 6.54 Å². The topological polar surface area (TPSA) is 90.2 Å². The maximum absolute atomic E-state index is 11.9. The highest BCUT2D eigenvalue weighted by Gasteiger charge is 2.24. The van der Waals surface area contributed by atoms with Gasteiger partial charge in [-0.05, 0) is 49.6 Å². The molecule has 2 aromatic rings. The van der Waals surface area contributed by atoms with Crippen molar-refractivity contribution in [2.45, 2.75) is 25.9 Å². The molecule has 4 N–H and O–H groups in total. The minimum atomic E-state index is -0.364. The van der Waals surface area contributed by atoms with Gasteiger partial charge in [-0.3, -0.25) is 9.47 Å². The minimum Gasteiger partial charge on any atom is -0.383 e. The van der Waals surface area contributed by atoms with E-state index in [1.165, 1.54) is 16.6 Å². The zero-order chi connectivity index (χ0) is 16.4. The van der Waals surface area contributed by atoms with E-state index in [0.717, 1.165) is 25.3 Å². The minimum absolute atomic E-state index is 0.237. The van der Waals surface area contributed by atoms with E-state index in [1.807, 2.05) is 12.1 Å². The van der Waals surface area contributed by atoms with Gasteiger partial charge in [-0.15, -0.1) is 0 Å². The van der Waals surface area contributed by atoms with Crippen LogP contribution >= 0.6 is 0 Å². The van der Waals surface area contributed by atoms with Crippen LogP contribution < -0.4 is 17.2 Å². The summed E-state index contributed by atoms with van der Waals surface area (Å²) in [5.41, 5.74) is 13.2. The molecule has 1 aliphatic rings. The van der Waals surface area contributed by atoms with Crippen LogP contribution in [0.4, 0.5) is 5.82 Å². The molecule has 2 heterocycles. The Labute approximate surface area is 135 Å². The number of anilines is 1. The first-order chi connectivity index (χ1) is 11.0. The Bertz CT molecular complexity index is 723. The molecule has 6 nitrogen and oxygen atoms in total. The van der Waals surface area contributed by atoms with Crippen LogP contribution in [0, 0.1) is 5.92 Å². The fraction of sp³-hybridized carbons (Fsp3) is 0.412. The highest BCUT2D eigenvalue weighted by molar-refractivity contribution is 5.36. The van der Waals surface area contributed by atoms with E-state index in [0.29, 0.717) is 5.92 Å². The molecule has 0 saturated carbocycles. The van der Waals surface area contributed by atoms with Gasteiger partial charge < -0.3 is 11.5 Å². The van der Waals surface area contributed by atoms with Gasteiger partial charge >= 0.3 is 5.69 Å². The van der Waals surface area contributed by atoms with Crippen molar-refractivity contribution in [1.82, 2.24) is 14.5 Å². The lowest BCUT2D eigenvalue weighted by atomic mass is 10.0. The molecule has 3 rings (SSSR count). The van der Waals surface area contributed by atoms with Crippen molar-refractivity contribution in [2.75, 3.05) is 18.8 Å². The number of hydrogen-bond donors (Lipinski definition) is 2. The third-order valence-corrected chi connectivity index (χ3v) is 4.50. The number of benzene rings is 1. The predicted octanol–water partition coefficient (Wildman–Crippen LogP) is 0.984. The van der Waals surface area contributed by atoms with E-state index >= 15 is 0 Å². The van der Waals surface area contributed by atoms with Gasteiger partial charge in [-0.2, -0.15) is 4.98 Å². The molecule has 1 fully saturated rings. The molecule has 1 aromatic heterocycles. The number of nitrogens with zero attached hydrogens (tertiary/aromatic N) is 3. The van der Waals surface area contributed by atoms with Gasteiger partial charge in [0.25, 0.3) is 0 Å². The van der Waals surface area contributed by atoms with E-state index in [4.69, 9.17) is 11.5 Å². The zero-order valence-corrected chi connectivity index (χ0v) is 13.4. The number of rotatable bonds is 4. The smallest absolute Gasteiger partial charge is 0.354 e. The average molecular weight is 313 g/mol. The highest BCUT2D eigenvalue weighted by atomic mass is 16.1. The van der Waals surface area contributed by atoms with Gasteiger partial charge in [0.1, 0.15) is 5.82 Å². The lowest BCUT2D eigenvalue weighted by Crippen LogP contribution is -2.29. The Kier molecular flexibility index (Phi) is 4.45. The van der Waals surface area contributed by atoms with E-state index in [1.54, 1.807) is 12.3 Å². The van der Waals surface area contributed by atoms with E-state index in [-0.39, 0.29) is 17.5 Å². The maximum atomic E-state index is 11.9. The van der Waals surface area contributed by atoms with E-state index < -0.39 is 0 Å². The molecule has 0 bridgehead atoms. The second-order valence-electron chi connectivity index (χ2n) is 6.31. The molecule has 0 amide bonds. The zero-order valence-electron chi connectivity index (χ0n) is 13.4. The quantitative estimate of drug-likeness (QED) is 0.878. The lowest BCUT2D eigenvalue weighted by molar-refractivity contribution is 0.308. The van der Waals surface area contributed by atoms with Gasteiger partial charge in [-0.1, -0.05) is 12.1 Å². The molecule has 0 aliphatic carbocycles. The van der Waals surface area contributed by atoms with Gasteiger partial charge in [0, 0.05) is 25.3 Å². The number of hydrogen-bond acceptors (Lipinski definition) is 5. The van der Waals surface area contributed by atoms with Crippen LogP contribution in [0.1, 0.15) is 18.9 Å². The van der Waals surface area contributed by atoms with Gasteiger partial charge in [0.15, 0.2) is 0 Å². The first kappa shape index (κ1) is 15.7. The molecule has 1 saturated heterocycles. The summed E-state index contributed by atoms with van der Waals surface area (Å²) < 4.78 is 1.49. The van der Waals surface area contributed by atoms with Crippen LogP contribution in [0.3, 0.4) is 0 Å². The Balaban J connectivity index is 1.69. The predicted molar refractivity (Wildman–Crippen MR) is 91.3 cm³/mol. The van der Waals surface area contributed by atoms with Gasteiger partial charge in [0.2, 0.25) is 0 Å². The van der Waals surface area contributed by atoms with Gasteiger partial charge in [0.05, 0.1) is 5.69 Å². The Hall–Kier alpha value is -2.18. The average Bonchev–Trinajstić information content (AvgIpc) is 2.97. The van der Waals surface area contributed by atoms with Crippen molar-refractivity contribution < 1.29 is 0 Å². The van der Waals surface area contributed by atoms with E-state index in [9.17, 15) is 4.79 Å². The fourth-order valence-electron chi connectivity index (χ4n) is 3.07. The number of aromatic nitrogens is 2. The lowest BCUT2D eigenvalue weighted by Gasteiger charge is -2.18. The van der Waals surface area contributed by atoms with Crippen molar-refractivity contribution in [3.05, 3.63) is 52.6 Å². The maximum Gasteiger partial charge on any atom is 0.354 e. The first-order valence-electron chi connectivity index (χ1n) is 7.95. The van der Waals surface area contributed by atoms with Crippen LogP contribution in [0.2, 0.25) is 0 Å². The van der Waals surface area contributed by atoms with Crippen molar-refractivity contribution in [1.29, 1.82) is 0 Å². The molecule has 2 unspecified atom stereocenters. The van der Waals surface area contributed by atoms with Crippen LogP contribution in [0.25, 0.3) is 5.69 Å². The first-order valence-corrected chi connectivity index (χ1v) is 7.95. The van der Waals surface area contributed by atoms with Crippen molar-refractivity contribution in [3.8, 4) is 5.69 Å². The second-order valence-corrected chi connectivity index (χ2v) is 6.31. The molecule has 2 atom stereocenters. The van der Waals surface area contributed by atoms with Gasteiger partial charge in [-0.25, -0.2) is 4.79 Å². The summed E-state index contributed by atoms with van der Waals surface area (Å²) in [6.45, 7) is 5.15. The molecule has 0 radical (unpaired) electrons. The van der Waals surface area contributed by atoms with E-state index in [2.05, 4.69) is 28.9 Å². The summed E-state index contributed by atoms with van der Waals surface area (Å²) in [6, 6.07) is 9.86. The van der Waals surface area contributed by atoms with Crippen molar-refractivity contribution >= 4 is 5.82 Å². The summed E-state index contributed by atoms with van der Waals surface area (Å²) in [5, 5.41) is 0. The molecule has 1 aliphatic heterocycles. The third kappa shape index (κ3) is 3.60. The standard InChI is InChI=1S/C17H23N5O/c1-12(18)14-6-8-21(11-14)10-13-2-4-15(5-3-13)22-9-7-16(19)20-17(22)23/h2-5,7,9,12,14H,6,8,10-11,18H2,1H3,(H2,19,20,23). The van der Waals surface area contributed by atoms with Crippen LogP contribution in [-0.4, -0.2) is 33.6 Å². The SMILES string of the molecule is CC(N)C1CCN(Cc2ccc(-n3ccc(N)nc3=O)cc2)C1. The van der Waals surface area contributed by atoms with Crippen molar-refractivity contribution in [2.24, 2.45) is 11.7 Å². The Morgan fingerprint density at radius 3 is 2.65 bits per heavy atom. The highest BCUT2D eigenvalue weighted by Crippen LogP contribution is 2.21. The third-order valence-electron chi connectivity index (χ3n) is 4.50. The molecular formula is C17H23N5O. The molecule has 23 heavy (non-hydrogen) atoms. The molecule has 6 heteroatoms.